The Balaban J connectivity index is 2.18. The summed E-state index contributed by atoms with van der Waals surface area (Å²) < 4.78 is 5.60. The molecule has 0 saturated heterocycles. The van der Waals surface area contributed by atoms with Crippen LogP contribution in [0.15, 0.2) is 36.4 Å². The average Bonchev–Trinajstić information content (AvgIpc) is 2.28. The van der Waals surface area contributed by atoms with Gasteiger partial charge >= 0.3 is 0 Å². The van der Waals surface area contributed by atoms with E-state index in [-0.39, 0.29) is 0 Å². The summed E-state index contributed by atoms with van der Waals surface area (Å²) in [6.45, 7) is 4.30. The Labute approximate surface area is 112 Å². The second-order valence-corrected chi connectivity index (χ2v) is 4.77. The largest absolute Gasteiger partial charge is 0.439 e. The molecule has 4 heteroatoms. The molecule has 0 spiro atoms. The Morgan fingerprint density at radius 2 is 1.83 bits per heavy atom. The lowest BCUT2D eigenvalue weighted by Gasteiger charge is -2.08. The van der Waals surface area contributed by atoms with Crippen LogP contribution in [0.1, 0.15) is 25.3 Å². The molecule has 1 heterocycles. The van der Waals surface area contributed by atoms with Gasteiger partial charge in [0.05, 0.1) is 0 Å². The molecular formula is C14H15ClN2O. The van der Waals surface area contributed by atoms with Crippen LogP contribution in [0.2, 0.25) is 5.15 Å². The lowest BCUT2D eigenvalue weighted by molar-refractivity contribution is 0.463. The zero-order chi connectivity index (χ0) is 13.1. The van der Waals surface area contributed by atoms with Gasteiger partial charge in [-0.15, -0.1) is 0 Å². The highest BCUT2D eigenvalue weighted by molar-refractivity contribution is 6.29. The standard InChI is InChI=1S/C14H15ClN2O/c1-9(2)10-3-5-12(6-4-10)18-14-8-11(16)7-13(15)17-14/h3-9H,1-2H3,(H2,16,17). The Bertz CT molecular complexity index is 518. The van der Waals surface area contributed by atoms with Crippen LogP contribution in [-0.4, -0.2) is 4.98 Å². The molecule has 2 N–H and O–H groups in total. The minimum Gasteiger partial charge on any atom is -0.439 e. The molecule has 3 nitrogen and oxygen atoms in total. The van der Waals surface area contributed by atoms with Gasteiger partial charge in [-0.25, -0.2) is 4.98 Å². The van der Waals surface area contributed by atoms with Gasteiger partial charge in [-0.2, -0.15) is 0 Å². The van der Waals surface area contributed by atoms with Crippen molar-refractivity contribution in [3.63, 3.8) is 0 Å². The van der Waals surface area contributed by atoms with E-state index in [0.29, 0.717) is 28.4 Å². The molecule has 0 unspecified atom stereocenters. The maximum absolute atomic E-state index is 5.81. The van der Waals surface area contributed by atoms with Gasteiger partial charge in [0.2, 0.25) is 5.88 Å². The molecule has 18 heavy (non-hydrogen) atoms. The molecule has 1 aromatic heterocycles. The van der Waals surface area contributed by atoms with Crippen molar-refractivity contribution < 1.29 is 4.74 Å². The molecule has 0 aliphatic rings. The molecule has 0 aliphatic carbocycles. The number of aromatic nitrogens is 1. The Kier molecular flexibility index (Phi) is 3.72. The number of ether oxygens (including phenoxy) is 1. The fourth-order valence-electron chi connectivity index (χ4n) is 1.59. The van der Waals surface area contributed by atoms with Gasteiger partial charge in [0.1, 0.15) is 10.9 Å². The zero-order valence-electron chi connectivity index (χ0n) is 10.4. The zero-order valence-corrected chi connectivity index (χ0v) is 11.1. The van der Waals surface area contributed by atoms with E-state index < -0.39 is 0 Å². The van der Waals surface area contributed by atoms with Gasteiger partial charge < -0.3 is 10.5 Å². The highest BCUT2D eigenvalue weighted by Crippen LogP contribution is 2.25. The van der Waals surface area contributed by atoms with Gasteiger partial charge in [-0.05, 0) is 29.7 Å². The summed E-state index contributed by atoms with van der Waals surface area (Å²) in [5, 5.41) is 0.323. The van der Waals surface area contributed by atoms with Crippen LogP contribution >= 0.6 is 11.6 Å². The van der Waals surface area contributed by atoms with Crippen LogP contribution in [0.25, 0.3) is 0 Å². The summed E-state index contributed by atoms with van der Waals surface area (Å²) in [4.78, 5) is 4.05. The van der Waals surface area contributed by atoms with Crippen LogP contribution in [0.5, 0.6) is 11.6 Å². The van der Waals surface area contributed by atoms with Crippen LogP contribution in [0.4, 0.5) is 5.69 Å². The summed E-state index contributed by atoms with van der Waals surface area (Å²) in [7, 11) is 0. The third-order valence-electron chi connectivity index (χ3n) is 2.56. The molecule has 0 atom stereocenters. The minimum absolute atomic E-state index is 0.323. The van der Waals surface area contributed by atoms with Gasteiger partial charge in [0.15, 0.2) is 0 Å². The number of nitrogen functional groups attached to an aromatic ring is 1. The first-order valence-electron chi connectivity index (χ1n) is 5.75. The first-order chi connectivity index (χ1) is 8.54. The number of benzene rings is 1. The summed E-state index contributed by atoms with van der Waals surface area (Å²) in [5.74, 6) is 1.62. The molecule has 0 radical (unpaired) electrons. The minimum atomic E-state index is 0.323. The molecule has 0 saturated carbocycles. The molecule has 94 valence electrons. The van der Waals surface area contributed by atoms with Crippen molar-refractivity contribution >= 4 is 17.3 Å². The van der Waals surface area contributed by atoms with E-state index in [9.17, 15) is 0 Å². The molecule has 0 bridgehead atoms. The fraction of sp³-hybridized carbons (Fsp3) is 0.214. The van der Waals surface area contributed by atoms with Crippen molar-refractivity contribution in [3.8, 4) is 11.6 Å². The third-order valence-corrected chi connectivity index (χ3v) is 2.76. The van der Waals surface area contributed by atoms with Crippen molar-refractivity contribution in [2.75, 3.05) is 5.73 Å². The van der Waals surface area contributed by atoms with E-state index in [1.54, 1.807) is 12.1 Å². The highest BCUT2D eigenvalue weighted by atomic mass is 35.5. The lowest BCUT2D eigenvalue weighted by atomic mass is 10.0. The fourth-order valence-corrected chi connectivity index (χ4v) is 1.79. The van der Waals surface area contributed by atoms with Crippen LogP contribution in [0.3, 0.4) is 0 Å². The van der Waals surface area contributed by atoms with E-state index in [2.05, 4.69) is 18.8 Å². The average molecular weight is 263 g/mol. The van der Waals surface area contributed by atoms with Crippen molar-refractivity contribution in [2.24, 2.45) is 0 Å². The molecule has 0 amide bonds. The predicted molar refractivity (Wildman–Crippen MR) is 74.3 cm³/mol. The lowest BCUT2D eigenvalue weighted by Crippen LogP contribution is -1.92. The predicted octanol–water partition coefficient (Wildman–Crippen LogP) is 4.23. The van der Waals surface area contributed by atoms with E-state index in [1.807, 2.05) is 24.3 Å². The number of anilines is 1. The van der Waals surface area contributed by atoms with E-state index in [4.69, 9.17) is 22.1 Å². The normalized spacial score (nSPS) is 10.7. The first kappa shape index (κ1) is 12.7. The van der Waals surface area contributed by atoms with Crippen molar-refractivity contribution in [1.29, 1.82) is 0 Å². The Hall–Kier alpha value is -1.74. The molecule has 0 aliphatic heterocycles. The van der Waals surface area contributed by atoms with Crippen molar-refractivity contribution in [1.82, 2.24) is 4.98 Å². The smallest absolute Gasteiger partial charge is 0.222 e. The van der Waals surface area contributed by atoms with Crippen molar-refractivity contribution in [2.45, 2.75) is 19.8 Å². The maximum atomic E-state index is 5.81. The second kappa shape index (κ2) is 5.27. The summed E-state index contributed by atoms with van der Waals surface area (Å²) in [6, 6.07) is 11.1. The number of hydrogen-bond acceptors (Lipinski definition) is 3. The summed E-state index contributed by atoms with van der Waals surface area (Å²) >= 11 is 5.81. The Morgan fingerprint density at radius 3 is 2.39 bits per heavy atom. The summed E-state index contributed by atoms with van der Waals surface area (Å²) in [6.07, 6.45) is 0. The molecule has 2 aromatic rings. The van der Waals surface area contributed by atoms with Crippen LogP contribution < -0.4 is 10.5 Å². The third kappa shape index (κ3) is 3.14. The van der Waals surface area contributed by atoms with Crippen LogP contribution in [0, 0.1) is 0 Å². The number of nitrogens with two attached hydrogens (primary N) is 1. The van der Waals surface area contributed by atoms with Crippen LogP contribution in [-0.2, 0) is 0 Å². The second-order valence-electron chi connectivity index (χ2n) is 4.39. The van der Waals surface area contributed by atoms with Gasteiger partial charge in [-0.3, -0.25) is 0 Å². The summed E-state index contributed by atoms with van der Waals surface area (Å²) in [5.41, 5.74) is 7.47. The van der Waals surface area contributed by atoms with Gasteiger partial charge in [0, 0.05) is 11.8 Å². The van der Waals surface area contributed by atoms with Crippen molar-refractivity contribution in [3.05, 3.63) is 47.1 Å². The molecule has 1 aromatic carbocycles. The van der Waals surface area contributed by atoms with E-state index >= 15 is 0 Å². The topological polar surface area (TPSA) is 48.1 Å². The molecule has 2 rings (SSSR count). The Morgan fingerprint density at radius 1 is 1.17 bits per heavy atom. The SMILES string of the molecule is CC(C)c1ccc(Oc2cc(N)cc(Cl)n2)cc1. The number of pyridine rings is 1. The van der Waals surface area contributed by atoms with E-state index in [1.165, 1.54) is 5.56 Å². The van der Waals surface area contributed by atoms with Gasteiger partial charge in [-0.1, -0.05) is 37.6 Å². The monoisotopic (exact) mass is 262 g/mol. The van der Waals surface area contributed by atoms with Gasteiger partial charge in [0.25, 0.3) is 0 Å². The maximum Gasteiger partial charge on any atom is 0.222 e. The molecule has 0 fully saturated rings. The number of hydrogen-bond donors (Lipinski definition) is 1. The van der Waals surface area contributed by atoms with E-state index in [0.717, 1.165) is 0 Å². The number of halogens is 1. The highest BCUT2D eigenvalue weighted by Gasteiger charge is 2.03. The first-order valence-corrected chi connectivity index (χ1v) is 6.13. The number of nitrogens with zero attached hydrogens (tertiary/aromatic N) is 1. The molecular weight excluding hydrogens is 248 g/mol. The number of rotatable bonds is 3. The quantitative estimate of drug-likeness (QED) is 0.842.